The molecule has 1 aromatic carbocycles. The molecular formula is C17H25ClIN5O2. The Bertz CT molecular complexity index is 678. The molecule has 9 heteroatoms. The second kappa shape index (κ2) is 11.9. The summed E-state index contributed by atoms with van der Waals surface area (Å²) in [5, 5.41) is 10.9. The highest BCUT2D eigenvalue weighted by Gasteiger charge is 2.06. The highest BCUT2D eigenvalue weighted by atomic mass is 127. The van der Waals surface area contributed by atoms with Gasteiger partial charge in [0, 0.05) is 24.5 Å². The van der Waals surface area contributed by atoms with Gasteiger partial charge in [-0.15, -0.1) is 24.0 Å². The van der Waals surface area contributed by atoms with Crippen molar-refractivity contribution in [1.29, 1.82) is 0 Å². The molecule has 2 aromatic rings. The fraction of sp³-hybridized carbons (Fsp3) is 0.471. The van der Waals surface area contributed by atoms with Crippen molar-refractivity contribution in [3.63, 3.8) is 0 Å². The van der Waals surface area contributed by atoms with E-state index in [2.05, 4.69) is 25.8 Å². The van der Waals surface area contributed by atoms with Crippen LogP contribution < -0.4 is 15.4 Å². The van der Waals surface area contributed by atoms with E-state index in [-0.39, 0.29) is 30.1 Å². The maximum absolute atomic E-state index is 5.87. The largest absolute Gasteiger partial charge is 0.489 e. The minimum absolute atomic E-state index is 0. The van der Waals surface area contributed by atoms with E-state index < -0.39 is 0 Å². The fourth-order valence-corrected chi connectivity index (χ4v) is 2.20. The number of nitrogens with one attached hydrogen (secondary N) is 2. The molecule has 0 fully saturated rings. The van der Waals surface area contributed by atoms with E-state index in [1.807, 2.05) is 26.0 Å². The van der Waals surface area contributed by atoms with Crippen molar-refractivity contribution in [2.24, 2.45) is 4.99 Å². The van der Waals surface area contributed by atoms with E-state index in [1.165, 1.54) is 0 Å². The second-order valence-corrected chi connectivity index (χ2v) is 5.95. The summed E-state index contributed by atoms with van der Waals surface area (Å²) < 4.78 is 10.9. The fourth-order valence-electron chi connectivity index (χ4n) is 2.07. The number of aromatic nitrogens is 2. The van der Waals surface area contributed by atoms with Crippen LogP contribution in [0.3, 0.4) is 0 Å². The van der Waals surface area contributed by atoms with Gasteiger partial charge in [-0.05, 0) is 45.0 Å². The van der Waals surface area contributed by atoms with Crippen molar-refractivity contribution >= 4 is 41.5 Å². The molecule has 1 atom stereocenters. The first-order valence-corrected chi connectivity index (χ1v) is 8.68. The number of benzene rings is 1. The predicted octanol–water partition coefficient (Wildman–Crippen LogP) is 3.21. The molecule has 2 N–H and O–H groups in total. The third kappa shape index (κ3) is 8.22. The lowest BCUT2D eigenvalue weighted by atomic mass is 10.3. The van der Waals surface area contributed by atoms with Gasteiger partial charge in [-0.25, -0.2) is 4.99 Å². The zero-order valence-corrected chi connectivity index (χ0v) is 18.2. The van der Waals surface area contributed by atoms with Crippen molar-refractivity contribution in [3.05, 3.63) is 41.0 Å². The quantitative estimate of drug-likeness (QED) is 0.334. The number of aliphatic imine (C=N–C) groups is 1. The third-order valence-corrected chi connectivity index (χ3v) is 3.45. The molecule has 0 saturated heterocycles. The van der Waals surface area contributed by atoms with Gasteiger partial charge in [0.2, 0.25) is 5.89 Å². The molecule has 0 aliphatic heterocycles. The minimum Gasteiger partial charge on any atom is -0.489 e. The SMILES string of the molecule is CCNC(=NCC(C)Oc1ccc(Cl)cc1)NCCc1nc(C)no1.I. The topological polar surface area (TPSA) is 84.6 Å². The van der Waals surface area contributed by atoms with E-state index in [0.29, 0.717) is 36.2 Å². The van der Waals surface area contributed by atoms with Gasteiger partial charge in [-0.3, -0.25) is 0 Å². The smallest absolute Gasteiger partial charge is 0.228 e. The van der Waals surface area contributed by atoms with Crippen molar-refractivity contribution in [2.45, 2.75) is 33.3 Å². The summed E-state index contributed by atoms with van der Waals surface area (Å²) in [6.07, 6.45) is 0.581. The van der Waals surface area contributed by atoms with Gasteiger partial charge in [-0.1, -0.05) is 16.8 Å². The van der Waals surface area contributed by atoms with Crippen LogP contribution in [0.25, 0.3) is 0 Å². The summed E-state index contributed by atoms with van der Waals surface area (Å²) in [4.78, 5) is 8.71. The molecule has 0 bridgehead atoms. The summed E-state index contributed by atoms with van der Waals surface area (Å²) in [6.45, 7) is 7.75. The Hall–Kier alpha value is -1.55. The van der Waals surface area contributed by atoms with E-state index >= 15 is 0 Å². The molecular weight excluding hydrogens is 469 g/mol. The van der Waals surface area contributed by atoms with Gasteiger partial charge in [0.05, 0.1) is 6.54 Å². The Morgan fingerprint density at radius 1 is 1.31 bits per heavy atom. The first kappa shape index (κ1) is 22.5. The highest BCUT2D eigenvalue weighted by molar-refractivity contribution is 14.0. The number of nitrogens with zero attached hydrogens (tertiary/aromatic N) is 3. The van der Waals surface area contributed by atoms with Crippen molar-refractivity contribution in [2.75, 3.05) is 19.6 Å². The Morgan fingerprint density at radius 2 is 2.04 bits per heavy atom. The van der Waals surface area contributed by atoms with Gasteiger partial charge in [-0.2, -0.15) is 4.98 Å². The molecule has 1 aromatic heterocycles. The van der Waals surface area contributed by atoms with Crippen LogP contribution in [0.15, 0.2) is 33.8 Å². The summed E-state index contributed by atoms with van der Waals surface area (Å²) in [6, 6.07) is 7.30. The lowest BCUT2D eigenvalue weighted by molar-refractivity contribution is 0.230. The third-order valence-electron chi connectivity index (χ3n) is 3.20. The first-order valence-electron chi connectivity index (χ1n) is 8.30. The molecule has 2 rings (SSSR count). The number of ether oxygens (including phenoxy) is 1. The maximum atomic E-state index is 5.87. The zero-order valence-electron chi connectivity index (χ0n) is 15.2. The Labute approximate surface area is 176 Å². The van der Waals surface area contributed by atoms with Crippen LogP contribution in [0.4, 0.5) is 0 Å². The van der Waals surface area contributed by atoms with Crippen LogP contribution >= 0.6 is 35.6 Å². The summed E-state index contributed by atoms with van der Waals surface area (Å²) in [5.41, 5.74) is 0. The minimum atomic E-state index is -0.0600. The van der Waals surface area contributed by atoms with E-state index in [9.17, 15) is 0 Å². The molecule has 26 heavy (non-hydrogen) atoms. The van der Waals surface area contributed by atoms with E-state index in [1.54, 1.807) is 19.1 Å². The van der Waals surface area contributed by atoms with Crippen LogP contribution in [0.2, 0.25) is 5.02 Å². The molecule has 1 heterocycles. The number of guanidine groups is 1. The number of hydrogen-bond donors (Lipinski definition) is 2. The molecule has 1 unspecified atom stereocenters. The zero-order chi connectivity index (χ0) is 18.1. The Balaban J connectivity index is 0.00000338. The predicted molar refractivity (Wildman–Crippen MR) is 114 cm³/mol. The van der Waals surface area contributed by atoms with Crippen LogP contribution in [-0.4, -0.2) is 41.8 Å². The average molecular weight is 494 g/mol. The molecule has 0 radical (unpaired) electrons. The lowest BCUT2D eigenvalue weighted by Crippen LogP contribution is -2.39. The first-order chi connectivity index (χ1) is 12.1. The van der Waals surface area contributed by atoms with Gasteiger partial charge in [0.1, 0.15) is 11.9 Å². The molecule has 7 nitrogen and oxygen atoms in total. The van der Waals surface area contributed by atoms with Crippen LogP contribution in [-0.2, 0) is 6.42 Å². The van der Waals surface area contributed by atoms with Crippen molar-refractivity contribution < 1.29 is 9.26 Å². The monoisotopic (exact) mass is 493 g/mol. The molecule has 144 valence electrons. The number of rotatable bonds is 8. The highest BCUT2D eigenvalue weighted by Crippen LogP contribution is 2.16. The summed E-state index contributed by atoms with van der Waals surface area (Å²) in [7, 11) is 0. The number of aryl methyl sites for hydroxylation is 1. The van der Waals surface area contributed by atoms with Crippen molar-refractivity contribution in [3.8, 4) is 5.75 Å². The second-order valence-electron chi connectivity index (χ2n) is 5.51. The van der Waals surface area contributed by atoms with Gasteiger partial charge in [0.15, 0.2) is 11.8 Å². The van der Waals surface area contributed by atoms with Crippen LogP contribution in [0.5, 0.6) is 5.75 Å². The van der Waals surface area contributed by atoms with Crippen molar-refractivity contribution in [1.82, 2.24) is 20.8 Å². The number of halogens is 2. The Morgan fingerprint density at radius 3 is 2.65 bits per heavy atom. The molecule has 0 aliphatic carbocycles. The van der Waals surface area contributed by atoms with Gasteiger partial charge < -0.3 is 19.9 Å². The summed E-state index contributed by atoms with van der Waals surface area (Å²) in [5.74, 6) is 2.76. The van der Waals surface area contributed by atoms with Gasteiger partial charge in [0.25, 0.3) is 0 Å². The van der Waals surface area contributed by atoms with E-state index in [0.717, 1.165) is 18.3 Å². The van der Waals surface area contributed by atoms with Crippen LogP contribution in [0, 0.1) is 6.92 Å². The molecule has 0 spiro atoms. The Kier molecular flexibility index (Phi) is 10.3. The summed E-state index contributed by atoms with van der Waals surface area (Å²) >= 11 is 5.87. The normalized spacial score (nSPS) is 12.2. The van der Waals surface area contributed by atoms with Crippen LogP contribution in [0.1, 0.15) is 25.6 Å². The lowest BCUT2D eigenvalue weighted by Gasteiger charge is -2.15. The standard InChI is InChI=1S/C17H24ClN5O2.HI/c1-4-19-17(20-10-9-16-22-13(3)23-25-16)21-11-12(2)24-15-7-5-14(18)6-8-15;/h5-8,12H,4,9-11H2,1-3H3,(H2,19,20,21);1H. The number of hydrogen-bond acceptors (Lipinski definition) is 5. The van der Waals surface area contributed by atoms with Gasteiger partial charge >= 0.3 is 0 Å². The molecule has 0 amide bonds. The maximum Gasteiger partial charge on any atom is 0.228 e. The van der Waals surface area contributed by atoms with E-state index in [4.69, 9.17) is 20.9 Å². The molecule has 0 saturated carbocycles. The molecule has 0 aliphatic rings. The average Bonchev–Trinajstić information content (AvgIpc) is 3.00.